The van der Waals surface area contributed by atoms with E-state index in [0.717, 1.165) is 30.7 Å². The standard InChI is InChI=1S/C12H23N5/c1-10-14-15-12(17(10)3)9-16(2)8-11-4-6-13-7-5-11/h11,13H,4-9H2,1-3H3. The molecule has 0 amide bonds. The van der Waals surface area contributed by atoms with Gasteiger partial charge in [0.25, 0.3) is 0 Å². The Hall–Kier alpha value is -0.940. The molecule has 2 rings (SSSR count). The zero-order valence-electron chi connectivity index (χ0n) is 11.1. The van der Waals surface area contributed by atoms with E-state index in [4.69, 9.17) is 0 Å². The van der Waals surface area contributed by atoms with Gasteiger partial charge in [0, 0.05) is 13.6 Å². The summed E-state index contributed by atoms with van der Waals surface area (Å²) < 4.78 is 2.07. The molecule has 0 aliphatic carbocycles. The molecule has 1 N–H and O–H groups in total. The number of nitrogens with one attached hydrogen (secondary N) is 1. The SMILES string of the molecule is Cc1nnc(CN(C)CC2CCNCC2)n1C. The van der Waals surface area contributed by atoms with E-state index < -0.39 is 0 Å². The minimum Gasteiger partial charge on any atom is -0.317 e. The summed E-state index contributed by atoms with van der Waals surface area (Å²) in [7, 11) is 4.20. The molecule has 0 radical (unpaired) electrons. The third kappa shape index (κ3) is 3.26. The number of hydrogen-bond acceptors (Lipinski definition) is 4. The maximum atomic E-state index is 4.21. The molecule has 0 unspecified atom stereocenters. The van der Waals surface area contributed by atoms with Crippen LogP contribution < -0.4 is 5.32 Å². The monoisotopic (exact) mass is 237 g/mol. The van der Waals surface area contributed by atoms with Gasteiger partial charge >= 0.3 is 0 Å². The molecule has 0 spiro atoms. The highest BCUT2D eigenvalue weighted by Crippen LogP contribution is 2.13. The normalized spacial score (nSPS) is 17.9. The summed E-state index contributed by atoms with van der Waals surface area (Å²) in [6.07, 6.45) is 2.59. The zero-order chi connectivity index (χ0) is 12.3. The van der Waals surface area contributed by atoms with Crippen molar-refractivity contribution in [2.75, 3.05) is 26.7 Å². The molecule has 2 heterocycles. The molecule has 1 aliphatic heterocycles. The number of aromatic nitrogens is 3. The van der Waals surface area contributed by atoms with E-state index in [1.165, 1.54) is 25.9 Å². The average Bonchev–Trinajstić information content (AvgIpc) is 2.62. The van der Waals surface area contributed by atoms with Crippen molar-refractivity contribution in [1.82, 2.24) is 25.0 Å². The third-order valence-corrected chi connectivity index (χ3v) is 3.62. The van der Waals surface area contributed by atoms with Crippen molar-refractivity contribution in [2.24, 2.45) is 13.0 Å². The number of hydrogen-bond donors (Lipinski definition) is 1. The van der Waals surface area contributed by atoms with Gasteiger partial charge in [0.1, 0.15) is 11.6 Å². The molecule has 0 bridgehead atoms. The Balaban J connectivity index is 1.84. The van der Waals surface area contributed by atoms with Crippen molar-refractivity contribution in [3.63, 3.8) is 0 Å². The van der Waals surface area contributed by atoms with Crippen LogP contribution in [0.2, 0.25) is 0 Å². The van der Waals surface area contributed by atoms with E-state index in [9.17, 15) is 0 Å². The molecular formula is C12H23N5. The van der Waals surface area contributed by atoms with E-state index in [-0.39, 0.29) is 0 Å². The number of rotatable bonds is 4. The van der Waals surface area contributed by atoms with Crippen LogP contribution >= 0.6 is 0 Å². The van der Waals surface area contributed by atoms with Gasteiger partial charge in [-0.15, -0.1) is 10.2 Å². The van der Waals surface area contributed by atoms with Crippen molar-refractivity contribution < 1.29 is 0 Å². The summed E-state index contributed by atoms with van der Waals surface area (Å²) in [6, 6.07) is 0. The largest absolute Gasteiger partial charge is 0.317 e. The fraction of sp³-hybridized carbons (Fsp3) is 0.833. The topological polar surface area (TPSA) is 46.0 Å². The summed E-state index contributed by atoms with van der Waals surface area (Å²) in [5.41, 5.74) is 0. The number of piperidine rings is 1. The highest BCUT2D eigenvalue weighted by Gasteiger charge is 2.16. The highest BCUT2D eigenvalue weighted by molar-refractivity contribution is 4.92. The fourth-order valence-electron chi connectivity index (χ4n) is 2.40. The second kappa shape index (κ2) is 5.60. The van der Waals surface area contributed by atoms with Crippen LogP contribution in [0.3, 0.4) is 0 Å². The Morgan fingerprint density at radius 3 is 2.65 bits per heavy atom. The lowest BCUT2D eigenvalue weighted by Crippen LogP contribution is -2.34. The van der Waals surface area contributed by atoms with Crippen LogP contribution in [0.4, 0.5) is 0 Å². The minimum atomic E-state index is 0.829. The van der Waals surface area contributed by atoms with Gasteiger partial charge in [-0.2, -0.15) is 0 Å². The quantitative estimate of drug-likeness (QED) is 0.831. The molecule has 5 heteroatoms. The lowest BCUT2D eigenvalue weighted by Gasteiger charge is -2.27. The van der Waals surface area contributed by atoms with Crippen molar-refractivity contribution in [3.05, 3.63) is 11.6 Å². The average molecular weight is 237 g/mol. The van der Waals surface area contributed by atoms with Gasteiger partial charge in [0.15, 0.2) is 0 Å². The second-order valence-electron chi connectivity index (χ2n) is 5.11. The molecule has 1 fully saturated rings. The lowest BCUT2D eigenvalue weighted by atomic mass is 9.98. The van der Waals surface area contributed by atoms with Gasteiger partial charge in [-0.3, -0.25) is 4.90 Å². The van der Waals surface area contributed by atoms with E-state index in [2.05, 4.69) is 32.0 Å². The van der Waals surface area contributed by atoms with Crippen LogP contribution in [0.5, 0.6) is 0 Å². The van der Waals surface area contributed by atoms with Gasteiger partial charge in [-0.25, -0.2) is 0 Å². The summed E-state index contributed by atoms with van der Waals surface area (Å²) in [5.74, 6) is 2.87. The van der Waals surface area contributed by atoms with Crippen LogP contribution in [0.25, 0.3) is 0 Å². The Morgan fingerprint density at radius 2 is 2.06 bits per heavy atom. The summed E-state index contributed by atoms with van der Waals surface area (Å²) in [6.45, 7) is 6.38. The van der Waals surface area contributed by atoms with Crippen LogP contribution in [-0.4, -0.2) is 46.3 Å². The molecule has 1 saturated heterocycles. The van der Waals surface area contributed by atoms with Gasteiger partial charge < -0.3 is 9.88 Å². The molecule has 96 valence electrons. The third-order valence-electron chi connectivity index (χ3n) is 3.62. The van der Waals surface area contributed by atoms with E-state index in [1.807, 2.05) is 14.0 Å². The Bertz CT molecular complexity index is 354. The van der Waals surface area contributed by atoms with Crippen LogP contribution in [0.15, 0.2) is 0 Å². The summed E-state index contributed by atoms with van der Waals surface area (Å²) in [5, 5.41) is 11.7. The molecule has 1 aromatic rings. The molecule has 5 nitrogen and oxygen atoms in total. The molecular weight excluding hydrogens is 214 g/mol. The van der Waals surface area contributed by atoms with Crippen LogP contribution in [0, 0.1) is 12.8 Å². The van der Waals surface area contributed by atoms with Gasteiger partial charge in [0.2, 0.25) is 0 Å². The number of aryl methyl sites for hydroxylation is 1. The first kappa shape index (κ1) is 12.5. The van der Waals surface area contributed by atoms with Crippen LogP contribution in [-0.2, 0) is 13.6 Å². The first-order chi connectivity index (χ1) is 8.16. The summed E-state index contributed by atoms with van der Waals surface area (Å²) in [4.78, 5) is 2.36. The minimum absolute atomic E-state index is 0.829. The first-order valence-corrected chi connectivity index (χ1v) is 6.41. The zero-order valence-corrected chi connectivity index (χ0v) is 11.1. The number of nitrogens with zero attached hydrogens (tertiary/aromatic N) is 4. The first-order valence-electron chi connectivity index (χ1n) is 6.41. The van der Waals surface area contributed by atoms with Crippen LogP contribution in [0.1, 0.15) is 24.5 Å². The maximum Gasteiger partial charge on any atom is 0.146 e. The van der Waals surface area contributed by atoms with E-state index in [1.54, 1.807) is 0 Å². The fourth-order valence-corrected chi connectivity index (χ4v) is 2.40. The Kier molecular flexibility index (Phi) is 4.12. The molecule has 0 atom stereocenters. The highest BCUT2D eigenvalue weighted by atomic mass is 15.3. The molecule has 0 saturated carbocycles. The van der Waals surface area contributed by atoms with Crippen molar-refractivity contribution >= 4 is 0 Å². The van der Waals surface area contributed by atoms with E-state index >= 15 is 0 Å². The van der Waals surface area contributed by atoms with Gasteiger partial charge in [0.05, 0.1) is 6.54 Å². The smallest absolute Gasteiger partial charge is 0.146 e. The maximum absolute atomic E-state index is 4.21. The predicted molar refractivity (Wildman–Crippen MR) is 67.7 cm³/mol. The molecule has 1 aromatic heterocycles. The van der Waals surface area contributed by atoms with Crippen molar-refractivity contribution in [2.45, 2.75) is 26.3 Å². The van der Waals surface area contributed by atoms with Gasteiger partial charge in [-0.1, -0.05) is 0 Å². The van der Waals surface area contributed by atoms with E-state index in [0.29, 0.717) is 0 Å². The molecule has 17 heavy (non-hydrogen) atoms. The molecule has 1 aliphatic rings. The van der Waals surface area contributed by atoms with Crippen molar-refractivity contribution in [1.29, 1.82) is 0 Å². The lowest BCUT2D eigenvalue weighted by molar-refractivity contribution is 0.229. The van der Waals surface area contributed by atoms with Crippen molar-refractivity contribution in [3.8, 4) is 0 Å². The Labute approximate surface area is 103 Å². The predicted octanol–water partition coefficient (Wildman–Crippen LogP) is 0.555. The van der Waals surface area contributed by atoms with Gasteiger partial charge in [-0.05, 0) is 45.8 Å². The second-order valence-corrected chi connectivity index (χ2v) is 5.11. The Morgan fingerprint density at radius 1 is 1.35 bits per heavy atom. The summed E-state index contributed by atoms with van der Waals surface area (Å²) >= 11 is 0. The molecule has 0 aromatic carbocycles.